The van der Waals surface area contributed by atoms with E-state index in [1.165, 1.54) is 0 Å². The SMILES string of the molecule is CNc1ncc2[nH]nc(-c3ccccc3)c2n1. The number of fused-ring (bicyclic) bond motifs is 1. The lowest BCUT2D eigenvalue weighted by Gasteiger charge is -1.99. The van der Waals surface area contributed by atoms with Gasteiger partial charge in [-0.25, -0.2) is 9.97 Å². The summed E-state index contributed by atoms with van der Waals surface area (Å²) in [7, 11) is 1.80. The molecule has 84 valence electrons. The van der Waals surface area contributed by atoms with Crippen LogP contribution in [0.25, 0.3) is 22.3 Å². The molecule has 3 rings (SSSR count). The van der Waals surface area contributed by atoms with Gasteiger partial charge in [-0.15, -0.1) is 0 Å². The molecule has 0 aliphatic carbocycles. The topological polar surface area (TPSA) is 66.5 Å². The molecule has 1 aromatic carbocycles. The van der Waals surface area contributed by atoms with Gasteiger partial charge in [0.1, 0.15) is 16.7 Å². The Bertz CT molecular complexity index is 644. The summed E-state index contributed by atoms with van der Waals surface area (Å²) in [6.07, 6.45) is 1.73. The molecule has 0 atom stereocenters. The Balaban J connectivity index is 2.23. The number of aromatic amines is 1. The largest absolute Gasteiger partial charge is 0.357 e. The highest BCUT2D eigenvalue weighted by atomic mass is 15.2. The van der Waals surface area contributed by atoms with Crippen molar-refractivity contribution in [1.82, 2.24) is 20.2 Å². The van der Waals surface area contributed by atoms with Gasteiger partial charge in [0.05, 0.1) is 6.20 Å². The zero-order chi connectivity index (χ0) is 11.7. The zero-order valence-electron chi connectivity index (χ0n) is 9.31. The van der Waals surface area contributed by atoms with Crippen molar-refractivity contribution in [3.8, 4) is 11.3 Å². The van der Waals surface area contributed by atoms with Crippen molar-refractivity contribution in [3.05, 3.63) is 36.5 Å². The maximum Gasteiger partial charge on any atom is 0.223 e. The number of hydrogen-bond acceptors (Lipinski definition) is 4. The van der Waals surface area contributed by atoms with Crippen molar-refractivity contribution in [2.24, 2.45) is 0 Å². The highest BCUT2D eigenvalue weighted by Gasteiger charge is 2.10. The second kappa shape index (κ2) is 3.86. The minimum absolute atomic E-state index is 0.594. The fourth-order valence-corrected chi connectivity index (χ4v) is 1.73. The van der Waals surface area contributed by atoms with Crippen molar-refractivity contribution in [2.45, 2.75) is 0 Å². The first-order valence-electron chi connectivity index (χ1n) is 5.33. The molecule has 5 nitrogen and oxygen atoms in total. The third-order valence-corrected chi connectivity index (χ3v) is 2.57. The van der Waals surface area contributed by atoms with Gasteiger partial charge in [0.25, 0.3) is 0 Å². The fraction of sp³-hybridized carbons (Fsp3) is 0.0833. The van der Waals surface area contributed by atoms with Crippen LogP contribution >= 0.6 is 0 Å². The molecule has 2 heterocycles. The quantitative estimate of drug-likeness (QED) is 0.700. The maximum atomic E-state index is 4.41. The van der Waals surface area contributed by atoms with E-state index >= 15 is 0 Å². The minimum atomic E-state index is 0.594. The molecule has 0 aliphatic rings. The lowest BCUT2D eigenvalue weighted by molar-refractivity contribution is 1.12. The van der Waals surface area contributed by atoms with E-state index in [1.807, 2.05) is 30.3 Å². The summed E-state index contributed by atoms with van der Waals surface area (Å²) in [5, 5.41) is 10.1. The van der Waals surface area contributed by atoms with E-state index in [-0.39, 0.29) is 0 Å². The smallest absolute Gasteiger partial charge is 0.223 e. The number of H-pyrrole nitrogens is 1. The molecule has 3 aromatic rings. The van der Waals surface area contributed by atoms with Gasteiger partial charge < -0.3 is 5.32 Å². The van der Waals surface area contributed by atoms with Crippen molar-refractivity contribution >= 4 is 17.0 Å². The summed E-state index contributed by atoms with van der Waals surface area (Å²) in [6, 6.07) is 9.96. The third-order valence-electron chi connectivity index (χ3n) is 2.57. The molecular weight excluding hydrogens is 214 g/mol. The molecule has 0 saturated carbocycles. The predicted molar refractivity (Wildman–Crippen MR) is 66.7 cm³/mol. The summed E-state index contributed by atoms with van der Waals surface area (Å²) in [5.74, 6) is 0.594. The van der Waals surface area contributed by atoms with E-state index in [9.17, 15) is 0 Å². The normalized spacial score (nSPS) is 10.6. The molecule has 0 unspecified atom stereocenters. The number of aromatic nitrogens is 4. The Labute approximate surface area is 97.9 Å². The van der Waals surface area contributed by atoms with Crippen LogP contribution in [-0.2, 0) is 0 Å². The number of benzene rings is 1. The molecule has 2 aromatic heterocycles. The first kappa shape index (κ1) is 9.77. The maximum absolute atomic E-state index is 4.41. The van der Waals surface area contributed by atoms with Crippen LogP contribution in [0.4, 0.5) is 5.95 Å². The Kier molecular flexibility index (Phi) is 2.22. The van der Waals surface area contributed by atoms with Crippen molar-refractivity contribution < 1.29 is 0 Å². The van der Waals surface area contributed by atoms with Gasteiger partial charge >= 0.3 is 0 Å². The molecule has 0 saturated heterocycles. The van der Waals surface area contributed by atoms with Gasteiger partial charge in [-0.05, 0) is 0 Å². The van der Waals surface area contributed by atoms with Crippen LogP contribution in [0.5, 0.6) is 0 Å². The van der Waals surface area contributed by atoms with Crippen molar-refractivity contribution in [3.63, 3.8) is 0 Å². The molecule has 2 N–H and O–H groups in total. The second-order valence-electron chi connectivity index (χ2n) is 3.64. The first-order chi connectivity index (χ1) is 8.38. The minimum Gasteiger partial charge on any atom is -0.357 e. The van der Waals surface area contributed by atoms with Gasteiger partial charge in [0.15, 0.2) is 0 Å². The number of nitrogens with zero attached hydrogens (tertiary/aromatic N) is 3. The number of rotatable bonds is 2. The van der Waals surface area contributed by atoms with E-state index in [4.69, 9.17) is 0 Å². The molecule has 0 bridgehead atoms. The van der Waals surface area contributed by atoms with Crippen LogP contribution in [0.15, 0.2) is 36.5 Å². The summed E-state index contributed by atoms with van der Waals surface area (Å²) < 4.78 is 0. The highest BCUT2D eigenvalue weighted by molar-refractivity contribution is 5.89. The number of hydrogen-bond donors (Lipinski definition) is 2. The molecule has 5 heteroatoms. The van der Waals surface area contributed by atoms with Crippen LogP contribution in [-0.4, -0.2) is 27.2 Å². The Morgan fingerprint density at radius 2 is 2.00 bits per heavy atom. The number of nitrogens with one attached hydrogen (secondary N) is 2. The predicted octanol–water partition coefficient (Wildman–Crippen LogP) is 2.06. The molecular formula is C12H11N5. The van der Waals surface area contributed by atoms with Gasteiger partial charge in [0, 0.05) is 12.6 Å². The van der Waals surface area contributed by atoms with Gasteiger partial charge in [-0.1, -0.05) is 30.3 Å². The van der Waals surface area contributed by atoms with Crippen molar-refractivity contribution in [2.75, 3.05) is 12.4 Å². The molecule has 0 radical (unpaired) electrons. The third kappa shape index (κ3) is 1.61. The standard InChI is InChI=1S/C12H11N5/c1-13-12-14-7-9-11(15-12)10(17-16-9)8-5-3-2-4-6-8/h2-7H,1H3,(H,16,17)(H,13,14,15). The van der Waals surface area contributed by atoms with E-state index in [0.29, 0.717) is 5.95 Å². The van der Waals surface area contributed by atoms with Crippen LogP contribution in [0.1, 0.15) is 0 Å². The first-order valence-corrected chi connectivity index (χ1v) is 5.33. The molecule has 0 spiro atoms. The van der Waals surface area contributed by atoms with Crippen molar-refractivity contribution in [1.29, 1.82) is 0 Å². The summed E-state index contributed by atoms with van der Waals surface area (Å²) in [5.41, 5.74) is 3.55. The lowest BCUT2D eigenvalue weighted by Crippen LogP contribution is -1.95. The average Bonchev–Trinajstić information content (AvgIpc) is 2.82. The molecule has 0 aliphatic heterocycles. The average molecular weight is 225 g/mol. The van der Waals surface area contributed by atoms with Crippen LogP contribution in [0.2, 0.25) is 0 Å². The van der Waals surface area contributed by atoms with Crippen LogP contribution in [0.3, 0.4) is 0 Å². The highest BCUT2D eigenvalue weighted by Crippen LogP contribution is 2.24. The fourth-order valence-electron chi connectivity index (χ4n) is 1.73. The van der Waals surface area contributed by atoms with Crippen LogP contribution in [0, 0.1) is 0 Å². The Hall–Kier alpha value is -2.43. The van der Waals surface area contributed by atoms with Gasteiger partial charge in [0.2, 0.25) is 5.95 Å². The molecule has 17 heavy (non-hydrogen) atoms. The van der Waals surface area contributed by atoms with Gasteiger partial charge in [-0.3, -0.25) is 5.10 Å². The second-order valence-corrected chi connectivity index (χ2v) is 3.64. The lowest BCUT2D eigenvalue weighted by atomic mass is 10.1. The molecule has 0 amide bonds. The van der Waals surface area contributed by atoms with Crippen LogP contribution < -0.4 is 5.32 Å². The summed E-state index contributed by atoms with van der Waals surface area (Å²) in [6.45, 7) is 0. The van der Waals surface area contributed by atoms with E-state index < -0.39 is 0 Å². The Morgan fingerprint density at radius 3 is 2.76 bits per heavy atom. The van der Waals surface area contributed by atoms with E-state index in [1.54, 1.807) is 13.2 Å². The van der Waals surface area contributed by atoms with Gasteiger partial charge in [-0.2, -0.15) is 5.10 Å². The number of anilines is 1. The zero-order valence-corrected chi connectivity index (χ0v) is 9.31. The van der Waals surface area contributed by atoms with E-state index in [0.717, 1.165) is 22.3 Å². The molecule has 0 fully saturated rings. The summed E-state index contributed by atoms with van der Waals surface area (Å²) >= 11 is 0. The summed E-state index contributed by atoms with van der Waals surface area (Å²) in [4.78, 5) is 8.55. The van der Waals surface area contributed by atoms with E-state index in [2.05, 4.69) is 25.5 Å². The monoisotopic (exact) mass is 225 g/mol. The Morgan fingerprint density at radius 1 is 1.18 bits per heavy atom.